The monoisotopic (exact) mass is 480 g/mol. The van der Waals surface area contributed by atoms with Crippen molar-refractivity contribution in [1.82, 2.24) is 30.4 Å². The van der Waals surface area contributed by atoms with Gasteiger partial charge in [0.25, 0.3) is 5.91 Å². The molecule has 4 N–H and O–H groups in total. The average molecular weight is 481 g/mol. The van der Waals surface area contributed by atoms with E-state index in [2.05, 4.69) is 26.2 Å². The molecule has 0 unspecified atom stereocenters. The van der Waals surface area contributed by atoms with Crippen LogP contribution in [0.3, 0.4) is 0 Å². The Kier molecular flexibility index (Phi) is 6.27. The number of aromatic nitrogens is 4. The van der Waals surface area contributed by atoms with E-state index in [0.717, 1.165) is 4.90 Å². The van der Waals surface area contributed by atoms with Crippen LogP contribution in [0.1, 0.15) is 12.5 Å². The Hall–Kier alpha value is -4.26. The molecule has 1 saturated heterocycles. The molecule has 0 radical (unpaired) electrons. The van der Waals surface area contributed by atoms with Gasteiger partial charge in [-0.1, -0.05) is 24.3 Å². The zero-order valence-electron chi connectivity index (χ0n) is 18.0. The molecule has 1 aromatic heterocycles. The van der Waals surface area contributed by atoms with Gasteiger partial charge >= 0.3 is 6.03 Å². The number of thioether (sulfide) groups is 1. The number of tetrazole rings is 1. The maximum Gasteiger partial charge on any atom is 0.325 e. The molecule has 1 aliphatic heterocycles. The first-order valence-corrected chi connectivity index (χ1v) is 11.0. The molecule has 1 aliphatic rings. The van der Waals surface area contributed by atoms with Crippen molar-refractivity contribution >= 4 is 41.2 Å². The Labute approximate surface area is 197 Å². The number of primary amides is 1. The number of para-hydroxylation sites is 1. The van der Waals surface area contributed by atoms with Crippen LogP contribution < -0.4 is 16.4 Å². The predicted octanol–water partition coefficient (Wildman–Crippen LogP) is 0.645. The van der Waals surface area contributed by atoms with Crippen molar-refractivity contribution in [2.75, 3.05) is 17.6 Å². The second kappa shape index (κ2) is 9.31. The highest BCUT2D eigenvalue weighted by Gasteiger charge is 2.49. The van der Waals surface area contributed by atoms with Crippen molar-refractivity contribution < 1.29 is 19.2 Å². The smallest absolute Gasteiger partial charge is 0.325 e. The van der Waals surface area contributed by atoms with E-state index in [0.29, 0.717) is 21.8 Å². The van der Waals surface area contributed by atoms with Crippen LogP contribution in [-0.2, 0) is 19.9 Å². The van der Waals surface area contributed by atoms with E-state index >= 15 is 0 Å². The predicted molar refractivity (Wildman–Crippen MR) is 122 cm³/mol. The maximum absolute atomic E-state index is 13.2. The standard InChI is InChI=1S/C21H20N8O4S/c1-21(13-5-4-6-14(9-13)29-12-23-26-27-29)19(32)28(20(33)25-21)10-18(31)24-15-7-2-3-8-16(15)34-11-17(22)30/h2-9,12H,10-11H2,1H3,(H2,22,30)(H,24,31)(H,25,33)/t21-/m1/s1. The van der Waals surface area contributed by atoms with Crippen molar-refractivity contribution in [3.8, 4) is 5.69 Å². The number of benzene rings is 2. The fourth-order valence-corrected chi connectivity index (χ4v) is 4.20. The Morgan fingerprint density at radius 1 is 1.18 bits per heavy atom. The first-order chi connectivity index (χ1) is 16.3. The first-order valence-electron chi connectivity index (χ1n) is 10.1. The molecule has 0 saturated carbocycles. The van der Waals surface area contributed by atoms with E-state index in [1.165, 1.54) is 22.8 Å². The summed E-state index contributed by atoms with van der Waals surface area (Å²) in [6.07, 6.45) is 1.41. The highest BCUT2D eigenvalue weighted by molar-refractivity contribution is 8.00. The van der Waals surface area contributed by atoms with E-state index in [4.69, 9.17) is 5.73 Å². The van der Waals surface area contributed by atoms with Gasteiger partial charge in [0.15, 0.2) is 0 Å². The average Bonchev–Trinajstić information content (AvgIpc) is 3.43. The number of amides is 5. The molecular formula is C21H20N8O4S. The van der Waals surface area contributed by atoms with Gasteiger partial charge in [-0.25, -0.2) is 9.48 Å². The third kappa shape index (κ3) is 4.59. The number of hydrogen-bond donors (Lipinski definition) is 3. The van der Waals surface area contributed by atoms with E-state index in [1.807, 2.05) is 0 Å². The lowest BCUT2D eigenvalue weighted by Gasteiger charge is -2.22. The Morgan fingerprint density at radius 3 is 2.71 bits per heavy atom. The van der Waals surface area contributed by atoms with Crippen LogP contribution in [0.15, 0.2) is 59.8 Å². The summed E-state index contributed by atoms with van der Waals surface area (Å²) >= 11 is 1.17. The van der Waals surface area contributed by atoms with E-state index in [1.54, 1.807) is 55.5 Å². The summed E-state index contributed by atoms with van der Waals surface area (Å²) in [7, 11) is 0. The largest absolute Gasteiger partial charge is 0.369 e. The van der Waals surface area contributed by atoms with Gasteiger partial charge in [-0.15, -0.1) is 16.9 Å². The van der Waals surface area contributed by atoms with E-state index < -0.39 is 35.8 Å². The molecule has 2 heterocycles. The number of nitrogens with two attached hydrogens (primary N) is 1. The van der Waals surface area contributed by atoms with Gasteiger partial charge in [-0.3, -0.25) is 19.3 Å². The molecule has 4 rings (SSSR count). The fourth-order valence-electron chi connectivity index (χ4n) is 3.45. The van der Waals surface area contributed by atoms with Crippen molar-refractivity contribution in [3.05, 3.63) is 60.4 Å². The summed E-state index contributed by atoms with van der Waals surface area (Å²) in [5.74, 6) is -1.59. The van der Waals surface area contributed by atoms with Gasteiger partial charge in [-0.2, -0.15) is 0 Å². The number of nitrogens with zero attached hydrogens (tertiary/aromatic N) is 5. The molecule has 5 amide bonds. The van der Waals surface area contributed by atoms with Crippen LogP contribution in [0.25, 0.3) is 5.69 Å². The van der Waals surface area contributed by atoms with Crippen LogP contribution in [-0.4, -0.2) is 61.2 Å². The minimum absolute atomic E-state index is 0.0436. The van der Waals surface area contributed by atoms with Crippen LogP contribution in [0, 0.1) is 0 Å². The molecular weight excluding hydrogens is 460 g/mol. The highest BCUT2D eigenvalue weighted by atomic mass is 32.2. The van der Waals surface area contributed by atoms with Crippen LogP contribution in [0.4, 0.5) is 10.5 Å². The highest BCUT2D eigenvalue weighted by Crippen LogP contribution is 2.30. The Bertz CT molecular complexity index is 1270. The van der Waals surface area contributed by atoms with Crippen LogP contribution >= 0.6 is 11.8 Å². The zero-order chi connectivity index (χ0) is 24.3. The van der Waals surface area contributed by atoms with Gasteiger partial charge in [0.05, 0.1) is 17.1 Å². The zero-order valence-corrected chi connectivity index (χ0v) is 18.8. The minimum atomic E-state index is -1.38. The first kappa shape index (κ1) is 22.9. The molecule has 0 aliphatic carbocycles. The number of urea groups is 1. The van der Waals surface area contributed by atoms with E-state index in [9.17, 15) is 19.2 Å². The molecule has 2 aromatic carbocycles. The third-order valence-electron chi connectivity index (χ3n) is 5.14. The lowest BCUT2D eigenvalue weighted by Crippen LogP contribution is -2.42. The lowest BCUT2D eigenvalue weighted by molar-refractivity contribution is -0.133. The number of imide groups is 1. The summed E-state index contributed by atoms with van der Waals surface area (Å²) in [6.45, 7) is 1.08. The van der Waals surface area contributed by atoms with Crippen molar-refractivity contribution in [3.63, 3.8) is 0 Å². The second-order valence-corrected chi connectivity index (χ2v) is 8.57. The van der Waals surface area contributed by atoms with Crippen LogP contribution in [0.2, 0.25) is 0 Å². The lowest BCUT2D eigenvalue weighted by atomic mass is 9.91. The summed E-state index contributed by atoms with van der Waals surface area (Å²) < 4.78 is 1.42. The summed E-state index contributed by atoms with van der Waals surface area (Å²) in [5, 5.41) is 16.4. The number of anilines is 1. The minimum Gasteiger partial charge on any atom is -0.369 e. The number of rotatable bonds is 8. The second-order valence-electron chi connectivity index (χ2n) is 7.55. The Balaban J connectivity index is 1.49. The van der Waals surface area contributed by atoms with Crippen LogP contribution in [0.5, 0.6) is 0 Å². The summed E-state index contributed by atoms with van der Waals surface area (Å²) in [4.78, 5) is 51.1. The fraction of sp³-hybridized carbons (Fsp3) is 0.190. The van der Waals surface area contributed by atoms with Gasteiger partial charge < -0.3 is 16.4 Å². The molecule has 13 heteroatoms. The van der Waals surface area contributed by atoms with Gasteiger partial charge in [0.1, 0.15) is 18.4 Å². The van der Waals surface area contributed by atoms with Crippen molar-refractivity contribution in [2.45, 2.75) is 17.4 Å². The number of carbonyl (C=O) groups is 4. The molecule has 1 atom stereocenters. The molecule has 0 bridgehead atoms. The molecule has 0 spiro atoms. The van der Waals surface area contributed by atoms with Crippen molar-refractivity contribution in [2.24, 2.45) is 5.73 Å². The molecule has 12 nitrogen and oxygen atoms in total. The Morgan fingerprint density at radius 2 is 1.97 bits per heavy atom. The number of nitrogens with one attached hydrogen (secondary N) is 2. The van der Waals surface area contributed by atoms with Crippen molar-refractivity contribution in [1.29, 1.82) is 0 Å². The molecule has 1 fully saturated rings. The normalized spacial score (nSPS) is 17.5. The number of hydrogen-bond acceptors (Lipinski definition) is 8. The number of carbonyl (C=O) groups excluding carboxylic acids is 4. The van der Waals surface area contributed by atoms with Gasteiger partial charge in [0.2, 0.25) is 11.8 Å². The van der Waals surface area contributed by atoms with Gasteiger partial charge in [0, 0.05) is 4.90 Å². The topological polar surface area (TPSA) is 165 Å². The van der Waals surface area contributed by atoms with E-state index in [-0.39, 0.29) is 5.75 Å². The quantitative estimate of drug-likeness (QED) is 0.312. The summed E-state index contributed by atoms with van der Waals surface area (Å²) in [6, 6.07) is 13.0. The molecule has 34 heavy (non-hydrogen) atoms. The summed E-state index contributed by atoms with van der Waals surface area (Å²) in [5.41, 5.74) is 5.38. The molecule has 174 valence electrons. The van der Waals surface area contributed by atoms with Gasteiger partial charge in [-0.05, 0) is 47.2 Å². The molecule has 3 aromatic rings. The SMILES string of the molecule is C[C@]1(c2cccc(-n3cnnn3)c2)NC(=O)N(CC(=O)Nc2ccccc2SCC(N)=O)C1=O. The third-order valence-corrected chi connectivity index (χ3v) is 6.24. The maximum atomic E-state index is 13.2.